The Morgan fingerprint density at radius 2 is 2.00 bits per heavy atom. The van der Waals surface area contributed by atoms with Crippen LogP contribution in [0.25, 0.3) is 0 Å². The molecule has 1 aliphatic rings. The zero-order valence-electron chi connectivity index (χ0n) is 10.0. The van der Waals surface area contributed by atoms with Crippen LogP contribution in [-0.4, -0.2) is 36.4 Å². The van der Waals surface area contributed by atoms with E-state index in [-0.39, 0.29) is 11.8 Å². The molecule has 1 aliphatic carbocycles. The van der Waals surface area contributed by atoms with Crippen LogP contribution in [0.2, 0.25) is 0 Å². The first-order valence-electron chi connectivity index (χ1n) is 6.08. The fourth-order valence-electron chi connectivity index (χ4n) is 2.28. The average Bonchev–Trinajstić information content (AvgIpc) is 2.34. The predicted octanol–water partition coefficient (Wildman–Crippen LogP) is 0.791. The number of rotatable bonds is 4. The first kappa shape index (κ1) is 15.2. The summed E-state index contributed by atoms with van der Waals surface area (Å²) in [4.78, 5) is 11.8. The van der Waals surface area contributed by atoms with Crippen molar-refractivity contribution in [3.8, 4) is 0 Å². The maximum atomic E-state index is 12.1. The zero-order valence-corrected chi connectivity index (χ0v) is 10.0. The van der Waals surface area contributed by atoms with Gasteiger partial charge in [-0.3, -0.25) is 4.79 Å². The van der Waals surface area contributed by atoms with Crippen LogP contribution in [0, 0.1) is 11.8 Å². The highest BCUT2D eigenvalue weighted by atomic mass is 19.4. The van der Waals surface area contributed by atoms with E-state index in [9.17, 15) is 18.0 Å². The Morgan fingerprint density at radius 3 is 2.56 bits per heavy atom. The Hall–Kier alpha value is -0.820. The van der Waals surface area contributed by atoms with Gasteiger partial charge in [-0.1, -0.05) is 12.8 Å². The molecule has 18 heavy (non-hydrogen) atoms. The van der Waals surface area contributed by atoms with Crippen LogP contribution in [0.5, 0.6) is 0 Å². The molecule has 0 heterocycles. The fourth-order valence-corrected chi connectivity index (χ4v) is 2.28. The zero-order chi connectivity index (χ0) is 13.8. The molecule has 4 nitrogen and oxygen atoms in total. The predicted molar refractivity (Wildman–Crippen MR) is 59.6 cm³/mol. The Labute approximate surface area is 104 Å². The van der Waals surface area contributed by atoms with Gasteiger partial charge in [0.1, 0.15) is 0 Å². The highest BCUT2D eigenvalue weighted by Crippen LogP contribution is 2.29. The summed E-state index contributed by atoms with van der Waals surface area (Å²) in [5.41, 5.74) is 5.55. The topological polar surface area (TPSA) is 75.4 Å². The van der Waals surface area contributed by atoms with Gasteiger partial charge in [0.2, 0.25) is 5.91 Å². The van der Waals surface area contributed by atoms with Crippen molar-refractivity contribution in [2.45, 2.75) is 38.0 Å². The minimum atomic E-state index is -4.70. The molecule has 0 radical (unpaired) electrons. The lowest BCUT2D eigenvalue weighted by Crippen LogP contribution is -2.45. The molecule has 0 aromatic heterocycles. The Bertz CT molecular complexity index is 284. The summed E-state index contributed by atoms with van der Waals surface area (Å²) >= 11 is 0. The quantitative estimate of drug-likeness (QED) is 0.705. The molecule has 1 fully saturated rings. The monoisotopic (exact) mass is 268 g/mol. The molecule has 1 amide bonds. The van der Waals surface area contributed by atoms with E-state index in [4.69, 9.17) is 10.8 Å². The molecule has 0 aromatic rings. The largest absolute Gasteiger partial charge is 0.416 e. The molecule has 4 N–H and O–H groups in total. The molecule has 0 aromatic carbocycles. The van der Waals surface area contributed by atoms with Crippen molar-refractivity contribution >= 4 is 5.91 Å². The van der Waals surface area contributed by atoms with Crippen molar-refractivity contribution in [3.05, 3.63) is 0 Å². The third-order valence-electron chi connectivity index (χ3n) is 3.40. The summed E-state index contributed by atoms with van der Waals surface area (Å²) in [5, 5.41) is 11.0. The number of amides is 1. The smallest absolute Gasteiger partial charge is 0.382 e. The lowest BCUT2D eigenvalue weighted by molar-refractivity contribution is -0.202. The van der Waals surface area contributed by atoms with E-state index in [0.717, 1.165) is 19.3 Å². The second-order valence-corrected chi connectivity index (χ2v) is 4.69. The Balaban J connectivity index is 2.44. The van der Waals surface area contributed by atoms with Crippen molar-refractivity contribution in [2.75, 3.05) is 13.1 Å². The summed E-state index contributed by atoms with van der Waals surface area (Å²) in [5.74, 6) is -0.737. The van der Waals surface area contributed by atoms with Crippen molar-refractivity contribution in [1.82, 2.24) is 5.32 Å². The maximum Gasteiger partial charge on any atom is 0.416 e. The molecule has 3 unspecified atom stereocenters. The van der Waals surface area contributed by atoms with Crippen molar-refractivity contribution in [3.63, 3.8) is 0 Å². The summed E-state index contributed by atoms with van der Waals surface area (Å²) in [6, 6.07) is 0. The van der Waals surface area contributed by atoms with Crippen LogP contribution in [0.1, 0.15) is 25.7 Å². The Morgan fingerprint density at radius 1 is 1.39 bits per heavy atom. The number of aliphatic hydroxyl groups excluding tert-OH is 1. The number of hydrogen-bond acceptors (Lipinski definition) is 3. The van der Waals surface area contributed by atoms with Gasteiger partial charge in [0.25, 0.3) is 0 Å². The molecule has 3 atom stereocenters. The average molecular weight is 268 g/mol. The van der Waals surface area contributed by atoms with Gasteiger partial charge in [0.05, 0.1) is 6.54 Å². The summed E-state index contributed by atoms with van der Waals surface area (Å²) in [6.45, 7) is -0.434. The number of carbonyl (C=O) groups is 1. The van der Waals surface area contributed by atoms with Gasteiger partial charge in [-0.15, -0.1) is 0 Å². The number of nitrogens with two attached hydrogens (primary N) is 1. The van der Waals surface area contributed by atoms with Crippen LogP contribution < -0.4 is 11.1 Å². The van der Waals surface area contributed by atoms with Gasteiger partial charge < -0.3 is 16.2 Å². The maximum absolute atomic E-state index is 12.1. The van der Waals surface area contributed by atoms with Gasteiger partial charge >= 0.3 is 6.18 Å². The highest BCUT2D eigenvalue weighted by molar-refractivity contribution is 5.79. The standard InChI is InChI=1S/C11H19F3N2O2/c12-11(13,14)9(17)6-16-10(18)8-4-2-1-3-7(8)5-15/h7-9,17H,1-6,15H2,(H,16,18). The van der Waals surface area contributed by atoms with Crippen LogP contribution >= 0.6 is 0 Å². The molecule has 7 heteroatoms. The van der Waals surface area contributed by atoms with Gasteiger partial charge in [-0.05, 0) is 25.3 Å². The second-order valence-electron chi connectivity index (χ2n) is 4.69. The van der Waals surface area contributed by atoms with Gasteiger partial charge in [-0.2, -0.15) is 13.2 Å². The van der Waals surface area contributed by atoms with E-state index >= 15 is 0 Å². The van der Waals surface area contributed by atoms with E-state index in [1.165, 1.54) is 0 Å². The van der Waals surface area contributed by atoms with E-state index in [2.05, 4.69) is 5.32 Å². The normalized spacial score (nSPS) is 26.7. The number of hydrogen-bond donors (Lipinski definition) is 3. The lowest BCUT2D eigenvalue weighted by Gasteiger charge is -2.29. The van der Waals surface area contributed by atoms with Crippen molar-refractivity contribution in [1.29, 1.82) is 0 Å². The van der Waals surface area contributed by atoms with Crippen LogP contribution in [0.3, 0.4) is 0 Å². The fraction of sp³-hybridized carbons (Fsp3) is 0.909. The molecule has 106 valence electrons. The molecule has 0 aliphatic heterocycles. The molecular weight excluding hydrogens is 249 g/mol. The van der Waals surface area contributed by atoms with Gasteiger partial charge in [-0.25, -0.2) is 0 Å². The first-order valence-corrected chi connectivity index (χ1v) is 6.08. The second kappa shape index (κ2) is 6.38. The molecule has 0 spiro atoms. The van der Waals surface area contributed by atoms with Crippen LogP contribution in [0.15, 0.2) is 0 Å². The number of aliphatic hydroxyl groups is 1. The third-order valence-corrected chi connectivity index (χ3v) is 3.40. The van der Waals surface area contributed by atoms with E-state index in [1.54, 1.807) is 0 Å². The summed E-state index contributed by atoms with van der Waals surface area (Å²) < 4.78 is 36.2. The molecule has 0 bridgehead atoms. The molecule has 1 saturated carbocycles. The van der Waals surface area contributed by atoms with Gasteiger partial charge in [0, 0.05) is 5.92 Å². The highest BCUT2D eigenvalue weighted by Gasteiger charge is 2.39. The summed E-state index contributed by atoms with van der Waals surface area (Å²) in [6.07, 6.45) is -3.85. The first-order chi connectivity index (χ1) is 8.36. The number of nitrogens with one attached hydrogen (secondary N) is 1. The summed E-state index contributed by atoms with van der Waals surface area (Å²) in [7, 11) is 0. The minimum Gasteiger partial charge on any atom is -0.382 e. The van der Waals surface area contributed by atoms with Crippen LogP contribution in [-0.2, 0) is 4.79 Å². The van der Waals surface area contributed by atoms with E-state index < -0.39 is 24.7 Å². The van der Waals surface area contributed by atoms with Gasteiger partial charge in [0.15, 0.2) is 6.10 Å². The molecule has 0 saturated heterocycles. The lowest BCUT2D eigenvalue weighted by atomic mass is 9.79. The SMILES string of the molecule is NCC1CCCCC1C(=O)NCC(O)C(F)(F)F. The number of alkyl halides is 3. The number of halogens is 3. The van der Waals surface area contributed by atoms with E-state index in [1.807, 2.05) is 0 Å². The van der Waals surface area contributed by atoms with Crippen molar-refractivity contribution < 1.29 is 23.1 Å². The Kier molecular flexibility index (Phi) is 5.40. The molecule has 1 rings (SSSR count). The third kappa shape index (κ3) is 4.13. The van der Waals surface area contributed by atoms with Crippen LogP contribution in [0.4, 0.5) is 13.2 Å². The molecular formula is C11H19F3N2O2. The van der Waals surface area contributed by atoms with Crippen molar-refractivity contribution in [2.24, 2.45) is 17.6 Å². The minimum absolute atomic E-state index is 0.0294. The van der Waals surface area contributed by atoms with E-state index in [0.29, 0.717) is 13.0 Å². The number of carbonyl (C=O) groups excluding carboxylic acids is 1.